The lowest BCUT2D eigenvalue weighted by atomic mass is 10.1. The second-order valence-electron chi connectivity index (χ2n) is 3.92. The van der Waals surface area contributed by atoms with Gasteiger partial charge in [-0.2, -0.15) is 0 Å². The van der Waals surface area contributed by atoms with Gasteiger partial charge in [0.05, 0.1) is 0 Å². The minimum absolute atomic E-state index is 0.0509. The molecule has 1 atom stereocenters. The Morgan fingerprint density at radius 2 is 1.76 bits per heavy atom. The van der Waals surface area contributed by atoms with E-state index >= 15 is 0 Å². The monoisotopic (exact) mass is 291 g/mol. The Hall–Kier alpha value is -1.32. The van der Waals surface area contributed by atoms with Crippen LogP contribution in [-0.4, -0.2) is 0 Å². The molecule has 0 fully saturated rings. The highest BCUT2D eigenvalue weighted by molar-refractivity contribution is 9.10. The minimum Gasteiger partial charge on any atom is -0.457 e. The SMILES string of the molecule is C[C@@H](N)c1ccc(Oc2cccc(Br)c2)cc1. The molecular weight excluding hydrogens is 278 g/mol. The number of benzene rings is 2. The lowest BCUT2D eigenvalue weighted by molar-refractivity contribution is 0.482. The fraction of sp³-hybridized carbons (Fsp3) is 0.143. The summed E-state index contributed by atoms with van der Waals surface area (Å²) in [5, 5.41) is 0. The molecule has 2 aromatic carbocycles. The Kier molecular flexibility index (Phi) is 3.82. The molecule has 0 spiro atoms. The minimum atomic E-state index is 0.0509. The van der Waals surface area contributed by atoms with Gasteiger partial charge in [-0.15, -0.1) is 0 Å². The number of nitrogens with two attached hydrogens (primary N) is 1. The lowest BCUT2D eigenvalue weighted by Gasteiger charge is -2.08. The van der Waals surface area contributed by atoms with Gasteiger partial charge in [0.15, 0.2) is 0 Å². The number of halogens is 1. The molecule has 0 bridgehead atoms. The Bertz CT molecular complexity index is 494. The summed E-state index contributed by atoms with van der Waals surface area (Å²) in [5.74, 6) is 1.63. The molecule has 88 valence electrons. The first kappa shape index (κ1) is 12.1. The summed E-state index contributed by atoms with van der Waals surface area (Å²) in [6, 6.07) is 15.6. The zero-order chi connectivity index (χ0) is 12.3. The molecule has 0 aliphatic carbocycles. The van der Waals surface area contributed by atoms with Gasteiger partial charge in [0.1, 0.15) is 11.5 Å². The third kappa shape index (κ3) is 3.32. The molecule has 0 aromatic heterocycles. The van der Waals surface area contributed by atoms with Crippen molar-refractivity contribution in [2.24, 2.45) is 5.73 Å². The molecule has 0 aliphatic heterocycles. The van der Waals surface area contributed by atoms with Crippen LogP contribution in [0.1, 0.15) is 18.5 Å². The highest BCUT2D eigenvalue weighted by Crippen LogP contribution is 2.25. The summed E-state index contributed by atoms with van der Waals surface area (Å²) >= 11 is 3.41. The number of ether oxygens (including phenoxy) is 1. The first-order chi connectivity index (χ1) is 8.15. The average molecular weight is 292 g/mol. The molecule has 17 heavy (non-hydrogen) atoms. The van der Waals surface area contributed by atoms with Crippen LogP contribution in [0.3, 0.4) is 0 Å². The summed E-state index contributed by atoms with van der Waals surface area (Å²) in [6.45, 7) is 1.96. The van der Waals surface area contributed by atoms with Crippen molar-refractivity contribution in [3.05, 3.63) is 58.6 Å². The van der Waals surface area contributed by atoms with E-state index in [1.165, 1.54) is 0 Å². The van der Waals surface area contributed by atoms with Gasteiger partial charge in [-0.3, -0.25) is 0 Å². The average Bonchev–Trinajstić information content (AvgIpc) is 2.29. The molecule has 2 aromatic rings. The molecule has 0 aliphatic rings. The summed E-state index contributed by atoms with van der Waals surface area (Å²) in [4.78, 5) is 0. The zero-order valence-electron chi connectivity index (χ0n) is 9.56. The number of hydrogen-bond donors (Lipinski definition) is 1. The fourth-order valence-electron chi connectivity index (χ4n) is 1.51. The molecule has 2 N–H and O–H groups in total. The van der Waals surface area contributed by atoms with E-state index in [2.05, 4.69) is 15.9 Å². The third-order valence-electron chi connectivity index (χ3n) is 2.44. The highest BCUT2D eigenvalue weighted by atomic mass is 79.9. The predicted molar refractivity (Wildman–Crippen MR) is 73.3 cm³/mol. The van der Waals surface area contributed by atoms with Crippen LogP contribution in [-0.2, 0) is 0 Å². The second kappa shape index (κ2) is 5.34. The van der Waals surface area contributed by atoms with E-state index in [4.69, 9.17) is 10.5 Å². The summed E-state index contributed by atoms with van der Waals surface area (Å²) < 4.78 is 6.73. The van der Waals surface area contributed by atoms with Crippen molar-refractivity contribution in [3.63, 3.8) is 0 Å². The molecule has 0 heterocycles. The maximum atomic E-state index is 5.79. The van der Waals surface area contributed by atoms with Crippen LogP contribution in [0.4, 0.5) is 0 Å². The topological polar surface area (TPSA) is 35.2 Å². The second-order valence-corrected chi connectivity index (χ2v) is 4.83. The zero-order valence-corrected chi connectivity index (χ0v) is 11.1. The van der Waals surface area contributed by atoms with E-state index in [9.17, 15) is 0 Å². The van der Waals surface area contributed by atoms with Crippen molar-refractivity contribution in [3.8, 4) is 11.5 Å². The van der Waals surface area contributed by atoms with Gasteiger partial charge in [-0.25, -0.2) is 0 Å². The van der Waals surface area contributed by atoms with Crippen LogP contribution < -0.4 is 10.5 Å². The van der Waals surface area contributed by atoms with Gasteiger partial charge in [0.25, 0.3) is 0 Å². The number of rotatable bonds is 3. The maximum absolute atomic E-state index is 5.79. The molecular formula is C14H14BrNO. The largest absolute Gasteiger partial charge is 0.457 e. The van der Waals surface area contributed by atoms with Gasteiger partial charge in [-0.1, -0.05) is 34.1 Å². The van der Waals surface area contributed by atoms with Crippen LogP contribution >= 0.6 is 15.9 Å². The molecule has 0 saturated carbocycles. The Balaban J connectivity index is 2.14. The van der Waals surface area contributed by atoms with Gasteiger partial charge < -0.3 is 10.5 Å². The first-order valence-electron chi connectivity index (χ1n) is 5.44. The first-order valence-corrected chi connectivity index (χ1v) is 6.23. The summed E-state index contributed by atoms with van der Waals surface area (Å²) in [6.07, 6.45) is 0. The van der Waals surface area contributed by atoms with Gasteiger partial charge in [0, 0.05) is 10.5 Å². The van der Waals surface area contributed by atoms with Crippen LogP contribution in [0.2, 0.25) is 0 Å². The molecule has 0 amide bonds. The van der Waals surface area contributed by atoms with Gasteiger partial charge >= 0.3 is 0 Å². The maximum Gasteiger partial charge on any atom is 0.128 e. The van der Waals surface area contributed by atoms with E-state index in [1.807, 2.05) is 55.5 Å². The van der Waals surface area contributed by atoms with Crippen molar-refractivity contribution in [2.45, 2.75) is 13.0 Å². The smallest absolute Gasteiger partial charge is 0.128 e. The normalized spacial score (nSPS) is 12.2. The molecule has 3 heteroatoms. The third-order valence-corrected chi connectivity index (χ3v) is 2.93. The molecule has 2 nitrogen and oxygen atoms in total. The van der Waals surface area contributed by atoms with Crippen molar-refractivity contribution >= 4 is 15.9 Å². The van der Waals surface area contributed by atoms with Gasteiger partial charge in [-0.05, 0) is 42.8 Å². The summed E-state index contributed by atoms with van der Waals surface area (Å²) in [7, 11) is 0. The van der Waals surface area contributed by atoms with Crippen LogP contribution in [0.5, 0.6) is 11.5 Å². The Labute approximate surface area is 110 Å². The summed E-state index contributed by atoms with van der Waals surface area (Å²) in [5.41, 5.74) is 6.89. The van der Waals surface area contributed by atoms with Crippen molar-refractivity contribution in [2.75, 3.05) is 0 Å². The lowest BCUT2D eigenvalue weighted by Crippen LogP contribution is -2.04. The van der Waals surface area contributed by atoms with E-state index in [-0.39, 0.29) is 6.04 Å². The quantitative estimate of drug-likeness (QED) is 0.917. The standard InChI is InChI=1S/C14H14BrNO/c1-10(16)11-5-7-13(8-6-11)17-14-4-2-3-12(15)9-14/h2-10H,16H2,1H3/t10-/m1/s1. The molecule has 0 radical (unpaired) electrons. The van der Waals surface area contributed by atoms with Crippen LogP contribution in [0.15, 0.2) is 53.0 Å². The molecule has 0 unspecified atom stereocenters. The van der Waals surface area contributed by atoms with E-state index < -0.39 is 0 Å². The van der Waals surface area contributed by atoms with Crippen molar-refractivity contribution < 1.29 is 4.74 Å². The van der Waals surface area contributed by atoms with E-state index in [0.29, 0.717) is 0 Å². The van der Waals surface area contributed by atoms with Crippen molar-refractivity contribution in [1.29, 1.82) is 0 Å². The highest BCUT2D eigenvalue weighted by Gasteiger charge is 2.01. The van der Waals surface area contributed by atoms with Crippen LogP contribution in [0, 0.1) is 0 Å². The van der Waals surface area contributed by atoms with E-state index in [1.54, 1.807) is 0 Å². The van der Waals surface area contributed by atoms with Crippen LogP contribution in [0.25, 0.3) is 0 Å². The van der Waals surface area contributed by atoms with E-state index in [0.717, 1.165) is 21.5 Å². The molecule has 2 rings (SSSR count). The molecule has 0 saturated heterocycles. The predicted octanol–water partition coefficient (Wildman–Crippen LogP) is 4.26. The van der Waals surface area contributed by atoms with Gasteiger partial charge in [0.2, 0.25) is 0 Å². The Morgan fingerprint density at radius 1 is 1.06 bits per heavy atom. The fourth-order valence-corrected chi connectivity index (χ4v) is 1.88. The van der Waals surface area contributed by atoms with Crippen molar-refractivity contribution in [1.82, 2.24) is 0 Å². The number of hydrogen-bond acceptors (Lipinski definition) is 2. The Morgan fingerprint density at radius 3 is 2.35 bits per heavy atom.